The molecule has 2 atom stereocenters. The highest BCUT2D eigenvalue weighted by molar-refractivity contribution is 5.80. The van der Waals surface area contributed by atoms with Crippen molar-refractivity contribution in [2.45, 2.75) is 44.1 Å². The number of hydrogen-bond acceptors (Lipinski definition) is 3. The van der Waals surface area contributed by atoms with Crippen molar-refractivity contribution in [1.29, 1.82) is 0 Å². The van der Waals surface area contributed by atoms with E-state index in [0.29, 0.717) is 6.42 Å². The molecule has 0 saturated carbocycles. The lowest BCUT2D eigenvalue weighted by molar-refractivity contribution is -0.186. The molecule has 2 unspecified atom stereocenters. The highest BCUT2D eigenvalue weighted by atomic mass is 19.4. The van der Waals surface area contributed by atoms with Gasteiger partial charge >= 0.3 is 6.18 Å². The second-order valence-corrected chi connectivity index (χ2v) is 5.83. The first-order valence-electron chi connectivity index (χ1n) is 7.48. The van der Waals surface area contributed by atoms with Gasteiger partial charge in [0, 0.05) is 0 Å². The first-order chi connectivity index (χ1) is 10.7. The molecule has 0 spiro atoms. The third kappa shape index (κ3) is 4.68. The lowest BCUT2D eigenvalue weighted by atomic mass is 9.79. The van der Waals surface area contributed by atoms with Crippen LogP contribution < -0.4 is 5.32 Å². The highest BCUT2D eigenvalue weighted by Crippen LogP contribution is 2.34. The lowest BCUT2D eigenvalue weighted by Gasteiger charge is -2.35. The molecule has 23 heavy (non-hydrogen) atoms. The maximum absolute atomic E-state index is 12.1. The van der Waals surface area contributed by atoms with Gasteiger partial charge in [-0.3, -0.25) is 4.79 Å². The minimum atomic E-state index is -4.48. The fourth-order valence-corrected chi connectivity index (χ4v) is 2.75. The van der Waals surface area contributed by atoms with E-state index in [0.717, 1.165) is 24.0 Å². The van der Waals surface area contributed by atoms with Gasteiger partial charge in [-0.25, -0.2) is 0 Å². The van der Waals surface area contributed by atoms with Crippen LogP contribution in [-0.4, -0.2) is 36.4 Å². The molecule has 2 N–H and O–H groups in total. The maximum atomic E-state index is 12.1. The zero-order valence-corrected chi connectivity index (χ0v) is 12.8. The Hall–Kier alpha value is -1.60. The number of alkyl halides is 3. The fraction of sp³-hybridized carbons (Fsp3) is 0.562. The molecule has 0 fully saturated rings. The topological polar surface area (TPSA) is 58.6 Å². The summed E-state index contributed by atoms with van der Waals surface area (Å²) in [6.45, 7) is -0.281. The van der Waals surface area contributed by atoms with Gasteiger partial charge in [0.05, 0.1) is 6.54 Å². The summed E-state index contributed by atoms with van der Waals surface area (Å²) in [5.74, 6) is -0.675. The standard InChI is InChI=1S/C16H20F3NO3/c1-11(23-10-16(17,18)19)14(21)20-9-15(22)8-4-6-12-5-2-3-7-13(12)15/h2-3,5,7,11,22H,4,6,8-10H2,1H3,(H,20,21). The van der Waals surface area contributed by atoms with Gasteiger partial charge < -0.3 is 15.2 Å². The number of rotatable bonds is 5. The number of hydrogen-bond donors (Lipinski definition) is 2. The van der Waals surface area contributed by atoms with Crippen LogP contribution in [0.4, 0.5) is 13.2 Å². The zero-order chi connectivity index (χ0) is 17.1. The van der Waals surface area contributed by atoms with Crippen LogP contribution in [0.1, 0.15) is 30.9 Å². The molecule has 0 saturated heterocycles. The van der Waals surface area contributed by atoms with Crippen molar-refractivity contribution in [2.75, 3.05) is 13.2 Å². The SMILES string of the molecule is CC(OCC(F)(F)F)C(=O)NCC1(O)CCCc2ccccc21. The van der Waals surface area contributed by atoms with E-state index < -0.39 is 30.4 Å². The monoisotopic (exact) mass is 331 g/mol. The molecule has 128 valence electrons. The first-order valence-corrected chi connectivity index (χ1v) is 7.48. The smallest absolute Gasteiger partial charge is 0.383 e. The van der Waals surface area contributed by atoms with Crippen LogP contribution in [0.5, 0.6) is 0 Å². The van der Waals surface area contributed by atoms with Crippen molar-refractivity contribution < 1.29 is 27.8 Å². The minimum Gasteiger partial charge on any atom is -0.383 e. The summed E-state index contributed by atoms with van der Waals surface area (Å²) >= 11 is 0. The first kappa shape index (κ1) is 17.7. The molecular weight excluding hydrogens is 311 g/mol. The van der Waals surface area contributed by atoms with Crippen LogP contribution in [0.15, 0.2) is 24.3 Å². The van der Waals surface area contributed by atoms with Crippen LogP contribution in [0.25, 0.3) is 0 Å². The predicted octanol–water partition coefficient (Wildman–Crippen LogP) is 2.29. The Labute approximate surface area is 132 Å². The zero-order valence-electron chi connectivity index (χ0n) is 12.8. The number of benzene rings is 1. The number of carbonyl (C=O) groups excluding carboxylic acids is 1. The summed E-state index contributed by atoms with van der Waals surface area (Å²) < 4.78 is 40.7. The van der Waals surface area contributed by atoms with E-state index in [1.807, 2.05) is 24.3 Å². The summed E-state index contributed by atoms with van der Waals surface area (Å²) in [5.41, 5.74) is 0.584. The molecule has 1 aromatic carbocycles. The number of aliphatic hydroxyl groups is 1. The summed E-state index contributed by atoms with van der Waals surface area (Å²) in [6, 6.07) is 7.43. The van der Waals surface area contributed by atoms with E-state index in [2.05, 4.69) is 10.1 Å². The Bertz CT molecular complexity index is 562. The third-order valence-corrected chi connectivity index (χ3v) is 3.98. The Morgan fingerprint density at radius 3 is 2.83 bits per heavy atom. The maximum Gasteiger partial charge on any atom is 0.411 e. The normalized spacial score (nSPS) is 22.3. The van der Waals surface area contributed by atoms with Gasteiger partial charge in [0.2, 0.25) is 5.91 Å². The molecule has 7 heteroatoms. The van der Waals surface area contributed by atoms with Crippen molar-refractivity contribution in [3.63, 3.8) is 0 Å². The Morgan fingerprint density at radius 2 is 2.13 bits per heavy atom. The van der Waals surface area contributed by atoms with E-state index in [-0.39, 0.29) is 6.54 Å². The molecule has 1 amide bonds. The van der Waals surface area contributed by atoms with E-state index >= 15 is 0 Å². The molecule has 2 rings (SSSR count). The number of ether oxygens (including phenoxy) is 1. The summed E-state index contributed by atoms with van der Waals surface area (Å²) in [6.07, 6.45) is -3.59. The molecule has 0 aromatic heterocycles. The van der Waals surface area contributed by atoms with Crippen LogP contribution >= 0.6 is 0 Å². The number of nitrogens with one attached hydrogen (secondary N) is 1. The number of carbonyl (C=O) groups is 1. The van der Waals surface area contributed by atoms with Crippen LogP contribution in [0, 0.1) is 0 Å². The van der Waals surface area contributed by atoms with E-state index in [1.54, 1.807) is 0 Å². The van der Waals surface area contributed by atoms with Crippen LogP contribution in [0.2, 0.25) is 0 Å². The molecule has 4 nitrogen and oxygen atoms in total. The summed E-state index contributed by atoms with van der Waals surface area (Å²) in [4.78, 5) is 11.8. The second kappa shape index (κ2) is 6.88. The van der Waals surface area contributed by atoms with Crippen molar-refractivity contribution in [1.82, 2.24) is 5.32 Å². The van der Waals surface area contributed by atoms with Gasteiger partial charge in [-0.1, -0.05) is 24.3 Å². The molecule has 1 aromatic rings. The van der Waals surface area contributed by atoms with Crippen molar-refractivity contribution in [3.05, 3.63) is 35.4 Å². The number of aryl methyl sites for hydroxylation is 1. The molecule has 1 aliphatic rings. The molecule has 1 aliphatic carbocycles. The van der Waals surface area contributed by atoms with E-state index in [9.17, 15) is 23.1 Å². The van der Waals surface area contributed by atoms with Crippen molar-refractivity contribution >= 4 is 5.91 Å². The van der Waals surface area contributed by atoms with E-state index in [4.69, 9.17) is 0 Å². The van der Waals surface area contributed by atoms with Gasteiger partial charge in [-0.05, 0) is 37.3 Å². The Balaban J connectivity index is 1.94. The Morgan fingerprint density at radius 1 is 1.43 bits per heavy atom. The van der Waals surface area contributed by atoms with Gasteiger partial charge in [0.15, 0.2) is 0 Å². The number of amides is 1. The molecular formula is C16H20F3NO3. The largest absolute Gasteiger partial charge is 0.411 e. The van der Waals surface area contributed by atoms with Gasteiger partial charge in [0.25, 0.3) is 0 Å². The van der Waals surface area contributed by atoms with Crippen LogP contribution in [0.3, 0.4) is 0 Å². The van der Waals surface area contributed by atoms with Gasteiger partial charge in [-0.15, -0.1) is 0 Å². The minimum absolute atomic E-state index is 0.0530. The Kier molecular flexibility index (Phi) is 5.31. The summed E-state index contributed by atoms with van der Waals surface area (Å²) in [5, 5.41) is 13.3. The van der Waals surface area contributed by atoms with Gasteiger partial charge in [0.1, 0.15) is 18.3 Å². The van der Waals surface area contributed by atoms with Crippen molar-refractivity contribution in [3.8, 4) is 0 Å². The molecule has 0 aliphatic heterocycles. The average molecular weight is 331 g/mol. The summed E-state index contributed by atoms with van der Waals surface area (Å²) in [7, 11) is 0. The average Bonchev–Trinajstić information content (AvgIpc) is 2.50. The molecule has 0 heterocycles. The quantitative estimate of drug-likeness (QED) is 0.870. The molecule has 0 radical (unpaired) electrons. The second-order valence-electron chi connectivity index (χ2n) is 5.83. The van der Waals surface area contributed by atoms with Crippen molar-refractivity contribution in [2.24, 2.45) is 0 Å². The highest BCUT2D eigenvalue weighted by Gasteiger charge is 2.35. The lowest BCUT2D eigenvalue weighted by Crippen LogP contribution is -2.46. The van der Waals surface area contributed by atoms with Gasteiger partial charge in [-0.2, -0.15) is 13.2 Å². The number of fused-ring (bicyclic) bond motifs is 1. The third-order valence-electron chi connectivity index (χ3n) is 3.98. The molecule has 0 bridgehead atoms. The fourth-order valence-electron chi connectivity index (χ4n) is 2.75. The van der Waals surface area contributed by atoms with Crippen LogP contribution in [-0.2, 0) is 21.6 Å². The van der Waals surface area contributed by atoms with E-state index in [1.165, 1.54) is 6.92 Å². The number of halogens is 3. The predicted molar refractivity (Wildman–Crippen MR) is 77.8 cm³/mol.